The van der Waals surface area contributed by atoms with E-state index in [-0.39, 0.29) is 33.8 Å². The summed E-state index contributed by atoms with van der Waals surface area (Å²) in [7, 11) is 1.65. The number of H-pyrrole nitrogens is 1. The van der Waals surface area contributed by atoms with E-state index in [1.54, 1.807) is 19.2 Å². The van der Waals surface area contributed by atoms with Gasteiger partial charge < -0.3 is 10.6 Å². The number of fused-ring (bicyclic) bond motifs is 1. The third kappa shape index (κ3) is 3.59. The monoisotopic (exact) mass is 502 g/mol. The molecule has 0 atom stereocenters. The summed E-state index contributed by atoms with van der Waals surface area (Å²) in [5, 5.41) is 21.0. The predicted molar refractivity (Wildman–Crippen MR) is 135 cm³/mol. The molecule has 0 saturated carbocycles. The zero-order valence-corrected chi connectivity index (χ0v) is 20.0. The van der Waals surface area contributed by atoms with Gasteiger partial charge in [-0.05, 0) is 36.6 Å². The van der Waals surface area contributed by atoms with Crippen molar-refractivity contribution in [3.63, 3.8) is 0 Å². The Kier molecular flexibility index (Phi) is 5.92. The van der Waals surface area contributed by atoms with Crippen LogP contribution in [0.3, 0.4) is 0 Å². The Labute approximate surface area is 210 Å². The Balaban J connectivity index is 1.83. The molecule has 0 unspecified atom stereocenters. The van der Waals surface area contributed by atoms with E-state index in [2.05, 4.69) is 26.2 Å². The number of benzene rings is 2. The minimum Gasteiger partial charge on any atom is -0.380 e. The number of rotatable bonds is 4. The molecule has 0 aliphatic carbocycles. The standard InChI is InChI=1S/C25H20ClFN8O/c1-30-23-19(35-5-3-4-6-35)9-17(26)22(27)21(23)24-16(12-31-34(24)2)13-7-14(10-28)20-15(8-13)18(11-29)32-33-25(20)36/h7-9,12H,3-6,11,29H2,2H3,(H,33,36). The molecular formula is C25H20ClFN8O. The van der Waals surface area contributed by atoms with E-state index in [1.165, 1.54) is 16.9 Å². The van der Waals surface area contributed by atoms with Crippen LogP contribution >= 0.6 is 11.6 Å². The van der Waals surface area contributed by atoms with Crippen LogP contribution in [0.2, 0.25) is 5.02 Å². The van der Waals surface area contributed by atoms with Crippen LogP contribution in [0.1, 0.15) is 24.1 Å². The summed E-state index contributed by atoms with van der Waals surface area (Å²) in [6, 6.07) is 6.79. The van der Waals surface area contributed by atoms with Crippen LogP contribution in [0.4, 0.5) is 15.8 Å². The maximum atomic E-state index is 15.7. The SMILES string of the molecule is [C-]#[N+]c1c(N2CCCC2)cc(Cl)c(F)c1-c1c(-c2cc(C#N)c3c(=O)[nH]nc(CN)c3c2)cnn1C. The van der Waals surface area contributed by atoms with Gasteiger partial charge in [0.1, 0.15) is 11.9 Å². The van der Waals surface area contributed by atoms with Gasteiger partial charge in [-0.1, -0.05) is 11.6 Å². The average molecular weight is 503 g/mol. The molecule has 1 saturated heterocycles. The van der Waals surface area contributed by atoms with Crippen LogP contribution in [0.25, 0.3) is 38.0 Å². The van der Waals surface area contributed by atoms with Crippen molar-refractivity contribution in [2.45, 2.75) is 19.4 Å². The first-order chi connectivity index (χ1) is 17.4. The molecule has 9 nitrogen and oxygen atoms in total. The fourth-order valence-electron chi connectivity index (χ4n) is 4.82. The molecule has 11 heteroatoms. The highest BCUT2D eigenvalue weighted by Gasteiger charge is 2.28. The van der Waals surface area contributed by atoms with Crippen molar-refractivity contribution in [1.82, 2.24) is 20.0 Å². The first-order valence-electron chi connectivity index (χ1n) is 11.2. The van der Waals surface area contributed by atoms with Crippen LogP contribution in [-0.4, -0.2) is 33.1 Å². The van der Waals surface area contributed by atoms with Gasteiger partial charge in [0, 0.05) is 48.9 Å². The zero-order valence-electron chi connectivity index (χ0n) is 19.3. The molecule has 4 aromatic rings. The molecule has 1 aliphatic heterocycles. The molecule has 2 aromatic heterocycles. The third-order valence-electron chi connectivity index (χ3n) is 6.50. The van der Waals surface area contributed by atoms with E-state index in [0.717, 1.165) is 25.9 Å². The molecule has 3 heterocycles. The molecule has 1 fully saturated rings. The number of nitriles is 1. The highest BCUT2D eigenvalue weighted by atomic mass is 35.5. The maximum Gasteiger partial charge on any atom is 0.273 e. The Hall–Kier alpha value is -4.25. The highest BCUT2D eigenvalue weighted by Crippen LogP contribution is 2.47. The molecule has 2 aromatic carbocycles. The Morgan fingerprint density at radius 3 is 2.75 bits per heavy atom. The molecule has 0 amide bonds. The molecule has 5 rings (SSSR count). The highest BCUT2D eigenvalue weighted by molar-refractivity contribution is 6.31. The van der Waals surface area contributed by atoms with E-state index >= 15 is 4.39 Å². The van der Waals surface area contributed by atoms with Crippen molar-refractivity contribution in [2.75, 3.05) is 18.0 Å². The Morgan fingerprint density at radius 1 is 1.33 bits per heavy atom. The maximum absolute atomic E-state index is 15.7. The van der Waals surface area contributed by atoms with Crippen molar-refractivity contribution < 1.29 is 4.39 Å². The fourth-order valence-corrected chi connectivity index (χ4v) is 5.02. The lowest BCUT2D eigenvalue weighted by molar-refractivity contribution is 0.629. The molecule has 0 spiro atoms. The van der Waals surface area contributed by atoms with E-state index in [4.69, 9.17) is 23.9 Å². The number of hydrogen-bond acceptors (Lipinski definition) is 6. The summed E-state index contributed by atoms with van der Waals surface area (Å²) in [6.45, 7) is 9.45. The lowest BCUT2D eigenvalue weighted by atomic mass is 9.94. The van der Waals surface area contributed by atoms with Gasteiger partial charge in [0.15, 0.2) is 0 Å². The van der Waals surface area contributed by atoms with E-state index < -0.39 is 11.4 Å². The zero-order chi connectivity index (χ0) is 25.6. The summed E-state index contributed by atoms with van der Waals surface area (Å²) in [4.78, 5) is 18.2. The van der Waals surface area contributed by atoms with Gasteiger partial charge in [0.25, 0.3) is 5.56 Å². The Morgan fingerprint density at radius 2 is 2.08 bits per heavy atom. The first kappa shape index (κ1) is 23.5. The van der Waals surface area contributed by atoms with Crippen LogP contribution in [0.15, 0.2) is 29.2 Å². The van der Waals surface area contributed by atoms with Gasteiger partial charge in [-0.15, -0.1) is 0 Å². The largest absolute Gasteiger partial charge is 0.380 e. The first-order valence-corrected chi connectivity index (χ1v) is 11.6. The number of aromatic amines is 1. The second-order valence-electron chi connectivity index (χ2n) is 8.51. The molecule has 36 heavy (non-hydrogen) atoms. The number of halogens is 2. The number of aryl methyl sites for hydroxylation is 1. The van der Waals surface area contributed by atoms with Gasteiger partial charge in [-0.25, -0.2) is 14.3 Å². The molecule has 0 radical (unpaired) electrons. The van der Waals surface area contributed by atoms with Gasteiger partial charge >= 0.3 is 0 Å². The lowest BCUT2D eigenvalue weighted by Crippen LogP contribution is -2.18. The molecular weight excluding hydrogens is 483 g/mol. The number of nitrogens with two attached hydrogens (primary N) is 1. The van der Waals surface area contributed by atoms with Gasteiger partial charge in [0.2, 0.25) is 5.69 Å². The van der Waals surface area contributed by atoms with Crippen molar-refractivity contribution in [3.05, 3.63) is 68.3 Å². The smallest absolute Gasteiger partial charge is 0.273 e. The number of anilines is 1. The van der Waals surface area contributed by atoms with Crippen molar-refractivity contribution in [1.29, 1.82) is 5.26 Å². The van der Waals surface area contributed by atoms with Crippen molar-refractivity contribution in [3.8, 4) is 28.5 Å². The Bertz CT molecular complexity index is 1670. The molecule has 0 bridgehead atoms. The topological polar surface area (TPSA) is 121 Å². The summed E-state index contributed by atoms with van der Waals surface area (Å²) in [6.07, 6.45) is 3.48. The van der Waals surface area contributed by atoms with E-state index in [0.29, 0.717) is 33.6 Å². The number of aromatic nitrogens is 4. The van der Waals surface area contributed by atoms with Crippen LogP contribution in [-0.2, 0) is 13.6 Å². The summed E-state index contributed by atoms with van der Waals surface area (Å²) < 4.78 is 17.1. The second-order valence-corrected chi connectivity index (χ2v) is 8.92. The minimum atomic E-state index is -0.725. The quantitative estimate of drug-likeness (QED) is 0.402. The van der Waals surface area contributed by atoms with Crippen LogP contribution in [0.5, 0.6) is 0 Å². The van der Waals surface area contributed by atoms with Crippen LogP contribution < -0.4 is 16.2 Å². The van der Waals surface area contributed by atoms with E-state index in [9.17, 15) is 10.1 Å². The summed E-state index contributed by atoms with van der Waals surface area (Å²) >= 11 is 6.34. The van der Waals surface area contributed by atoms with E-state index in [1.807, 2.05) is 4.90 Å². The molecule has 180 valence electrons. The molecule has 3 N–H and O–H groups in total. The van der Waals surface area contributed by atoms with Gasteiger partial charge in [-0.2, -0.15) is 15.5 Å². The minimum absolute atomic E-state index is 0.0332. The second kappa shape index (κ2) is 9.08. The molecule has 1 aliphatic rings. The number of nitrogens with one attached hydrogen (secondary N) is 1. The van der Waals surface area contributed by atoms with Crippen molar-refractivity contribution in [2.24, 2.45) is 12.8 Å². The van der Waals surface area contributed by atoms with Gasteiger partial charge in [-0.3, -0.25) is 9.48 Å². The average Bonchev–Trinajstić information content (AvgIpc) is 3.55. The predicted octanol–water partition coefficient (Wildman–Crippen LogP) is 4.26. The fraction of sp³-hybridized carbons (Fsp3) is 0.240. The third-order valence-corrected chi connectivity index (χ3v) is 6.77. The summed E-state index contributed by atoms with van der Waals surface area (Å²) in [5.74, 6) is -0.725. The van der Waals surface area contributed by atoms with Crippen molar-refractivity contribution >= 4 is 33.7 Å². The van der Waals surface area contributed by atoms with Crippen LogP contribution in [0, 0.1) is 23.7 Å². The number of hydrogen-bond donors (Lipinski definition) is 2. The lowest BCUT2D eigenvalue weighted by Gasteiger charge is -2.22. The number of nitrogens with zero attached hydrogens (tertiary/aromatic N) is 6. The normalized spacial score (nSPS) is 13.2. The summed E-state index contributed by atoms with van der Waals surface area (Å²) in [5.41, 5.74) is 7.91. The van der Waals surface area contributed by atoms with Gasteiger partial charge in [0.05, 0.1) is 40.1 Å².